The maximum Gasteiger partial charge on any atom is 0.120 e. The number of nitrogens with zero attached hydrogens (tertiary/aromatic N) is 1. The van der Waals surface area contributed by atoms with Crippen LogP contribution in [0.25, 0.3) is 10.9 Å². The summed E-state index contributed by atoms with van der Waals surface area (Å²) < 4.78 is 0. The Kier molecular flexibility index (Phi) is 3.25. The molecule has 3 rings (SSSR count). The highest BCUT2D eigenvalue weighted by Crippen LogP contribution is 2.21. The van der Waals surface area contributed by atoms with Crippen LogP contribution in [0.4, 0.5) is 5.69 Å². The monoisotopic (exact) mass is 264 g/mol. The van der Waals surface area contributed by atoms with Crippen LogP contribution < -0.4 is 5.32 Å². The van der Waals surface area contributed by atoms with Gasteiger partial charge in [0.15, 0.2) is 0 Å². The van der Waals surface area contributed by atoms with E-state index in [4.69, 9.17) is 0 Å². The van der Waals surface area contributed by atoms with Crippen molar-refractivity contribution in [3.8, 4) is 5.75 Å². The lowest BCUT2D eigenvalue weighted by Crippen LogP contribution is -1.99. The van der Waals surface area contributed by atoms with Crippen molar-refractivity contribution in [3.05, 3.63) is 65.9 Å². The lowest BCUT2D eigenvalue weighted by molar-refractivity contribution is 0.471. The molecule has 0 saturated carbocycles. The molecule has 3 aromatic rings. The number of benzene rings is 2. The van der Waals surface area contributed by atoms with Crippen LogP contribution >= 0.6 is 0 Å². The molecule has 2 N–H and O–H groups in total. The molecule has 0 amide bonds. The smallest absolute Gasteiger partial charge is 0.120 e. The summed E-state index contributed by atoms with van der Waals surface area (Å²) in [6, 6.07) is 15.8. The predicted molar refractivity (Wildman–Crippen MR) is 81.9 cm³/mol. The van der Waals surface area contributed by atoms with Crippen LogP contribution in [0.15, 0.2) is 54.7 Å². The Labute approximate surface area is 117 Å². The number of aromatic nitrogens is 1. The lowest BCUT2D eigenvalue weighted by Gasteiger charge is -2.09. The van der Waals surface area contributed by atoms with E-state index in [9.17, 15) is 5.11 Å². The van der Waals surface area contributed by atoms with E-state index in [1.807, 2.05) is 31.2 Å². The van der Waals surface area contributed by atoms with E-state index in [0.29, 0.717) is 12.3 Å². The fourth-order valence-corrected chi connectivity index (χ4v) is 2.16. The van der Waals surface area contributed by atoms with Gasteiger partial charge < -0.3 is 10.4 Å². The van der Waals surface area contributed by atoms with Crippen LogP contribution in [0.2, 0.25) is 0 Å². The minimum absolute atomic E-state index is 0.317. The maximum absolute atomic E-state index is 9.69. The van der Waals surface area contributed by atoms with E-state index < -0.39 is 0 Å². The average molecular weight is 264 g/mol. The van der Waals surface area contributed by atoms with Crippen molar-refractivity contribution in [1.82, 2.24) is 4.98 Å². The number of rotatable bonds is 3. The van der Waals surface area contributed by atoms with Gasteiger partial charge in [0.1, 0.15) is 5.75 Å². The SMILES string of the molecule is Cc1ccc(NCc2ccc3ncccc3c2)cc1O. The van der Waals surface area contributed by atoms with Crippen LogP contribution in [0.5, 0.6) is 5.75 Å². The van der Waals surface area contributed by atoms with Gasteiger partial charge in [0.05, 0.1) is 5.52 Å². The highest BCUT2D eigenvalue weighted by molar-refractivity contribution is 5.79. The maximum atomic E-state index is 9.69. The summed E-state index contributed by atoms with van der Waals surface area (Å²) in [6.45, 7) is 2.60. The van der Waals surface area contributed by atoms with E-state index in [2.05, 4.69) is 28.5 Å². The third-order valence-corrected chi connectivity index (χ3v) is 3.37. The van der Waals surface area contributed by atoms with Gasteiger partial charge in [0.25, 0.3) is 0 Å². The van der Waals surface area contributed by atoms with Crippen LogP contribution in [0, 0.1) is 6.92 Å². The fourth-order valence-electron chi connectivity index (χ4n) is 2.16. The molecule has 0 bridgehead atoms. The molecule has 0 saturated heterocycles. The zero-order valence-electron chi connectivity index (χ0n) is 11.3. The summed E-state index contributed by atoms with van der Waals surface area (Å²) in [7, 11) is 0. The number of nitrogens with one attached hydrogen (secondary N) is 1. The van der Waals surface area contributed by atoms with E-state index in [-0.39, 0.29) is 0 Å². The summed E-state index contributed by atoms with van der Waals surface area (Å²) in [5.74, 6) is 0.317. The normalized spacial score (nSPS) is 10.7. The number of aryl methyl sites for hydroxylation is 1. The Morgan fingerprint density at radius 1 is 1.10 bits per heavy atom. The summed E-state index contributed by atoms with van der Waals surface area (Å²) in [4.78, 5) is 4.31. The van der Waals surface area contributed by atoms with Gasteiger partial charge in [0, 0.05) is 29.9 Å². The molecule has 0 aliphatic heterocycles. The van der Waals surface area contributed by atoms with Gasteiger partial charge in [0.2, 0.25) is 0 Å². The van der Waals surface area contributed by atoms with Gasteiger partial charge in [-0.1, -0.05) is 18.2 Å². The molecule has 0 aliphatic rings. The van der Waals surface area contributed by atoms with Gasteiger partial charge in [-0.25, -0.2) is 0 Å². The predicted octanol–water partition coefficient (Wildman–Crippen LogP) is 3.86. The summed E-state index contributed by atoms with van der Waals surface area (Å²) in [6.07, 6.45) is 1.80. The van der Waals surface area contributed by atoms with Crippen molar-refractivity contribution in [2.24, 2.45) is 0 Å². The van der Waals surface area contributed by atoms with E-state index in [1.54, 1.807) is 12.3 Å². The molecule has 3 nitrogen and oxygen atoms in total. The number of phenols is 1. The second kappa shape index (κ2) is 5.21. The molecule has 0 unspecified atom stereocenters. The molecular formula is C17H16N2O. The second-order valence-corrected chi connectivity index (χ2v) is 4.89. The van der Waals surface area contributed by atoms with Gasteiger partial charge in [-0.2, -0.15) is 0 Å². The third kappa shape index (κ3) is 2.57. The van der Waals surface area contributed by atoms with Crippen LogP contribution in [-0.4, -0.2) is 10.1 Å². The molecule has 3 heteroatoms. The number of aromatic hydroxyl groups is 1. The van der Waals surface area contributed by atoms with E-state index >= 15 is 0 Å². The third-order valence-electron chi connectivity index (χ3n) is 3.37. The van der Waals surface area contributed by atoms with E-state index in [1.165, 1.54) is 5.56 Å². The molecule has 1 aromatic heterocycles. The Morgan fingerprint density at radius 2 is 2.00 bits per heavy atom. The van der Waals surface area contributed by atoms with Crippen molar-refractivity contribution in [2.45, 2.75) is 13.5 Å². The first-order valence-corrected chi connectivity index (χ1v) is 6.59. The number of pyridine rings is 1. The largest absolute Gasteiger partial charge is 0.508 e. The van der Waals surface area contributed by atoms with Gasteiger partial charge >= 0.3 is 0 Å². The van der Waals surface area contributed by atoms with Gasteiger partial charge in [-0.05, 0) is 42.3 Å². The Bertz CT molecular complexity index is 753. The lowest BCUT2D eigenvalue weighted by atomic mass is 10.1. The Hall–Kier alpha value is -2.55. The van der Waals surface area contributed by atoms with Crippen molar-refractivity contribution in [3.63, 3.8) is 0 Å². The summed E-state index contributed by atoms with van der Waals surface area (Å²) >= 11 is 0. The highest BCUT2D eigenvalue weighted by Gasteiger charge is 2.00. The van der Waals surface area contributed by atoms with Gasteiger partial charge in [-0.3, -0.25) is 4.98 Å². The zero-order chi connectivity index (χ0) is 13.9. The number of hydrogen-bond acceptors (Lipinski definition) is 3. The van der Waals surface area contributed by atoms with Crippen molar-refractivity contribution in [2.75, 3.05) is 5.32 Å². The van der Waals surface area contributed by atoms with Crippen molar-refractivity contribution in [1.29, 1.82) is 0 Å². The van der Waals surface area contributed by atoms with Gasteiger partial charge in [-0.15, -0.1) is 0 Å². The standard InChI is InChI=1S/C17H16N2O/c1-12-4-6-15(10-17(12)20)19-11-13-5-7-16-14(9-13)3-2-8-18-16/h2-10,19-20H,11H2,1H3. The second-order valence-electron chi connectivity index (χ2n) is 4.89. The molecule has 20 heavy (non-hydrogen) atoms. The average Bonchev–Trinajstić information content (AvgIpc) is 2.48. The van der Waals surface area contributed by atoms with Crippen LogP contribution in [0.1, 0.15) is 11.1 Å². The van der Waals surface area contributed by atoms with E-state index in [0.717, 1.165) is 22.2 Å². The fraction of sp³-hybridized carbons (Fsp3) is 0.118. The minimum atomic E-state index is 0.317. The summed E-state index contributed by atoms with van der Waals surface area (Å²) in [5.41, 5.74) is 3.99. The number of anilines is 1. The number of phenolic OH excluding ortho intramolecular Hbond substituents is 1. The Balaban J connectivity index is 1.77. The molecule has 0 atom stereocenters. The number of fused-ring (bicyclic) bond motifs is 1. The number of hydrogen-bond donors (Lipinski definition) is 2. The molecular weight excluding hydrogens is 248 g/mol. The van der Waals surface area contributed by atoms with Crippen molar-refractivity contribution >= 4 is 16.6 Å². The molecule has 0 aliphatic carbocycles. The first-order valence-electron chi connectivity index (χ1n) is 6.59. The molecule has 2 aromatic carbocycles. The van der Waals surface area contributed by atoms with Crippen LogP contribution in [-0.2, 0) is 6.54 Å². The Morgan fingerprint density at radius 3 is 2.85 bits per heavy atom. The quantitative estimate of drug-likeness (QED) is 0.755. The highest BCUT2D eigenvalue weighted by atomic mass is 16.3. The first-order chi connectivity index (χ1) is 9.72. The molecule has 100 valence electrons. The molecule has 0 radical (unpaired) electrons. The summed E-state index contributed by atoms with van der Waals surface area (Å²) in [5, 5.41) is 14.1. The zero-order valence-corrected chi connectivity index (χ0v) is 11.3. The minimum Gasteiger partial charge on any atom is -0.508 e. The first kappa shape index (κ1) is 12.5. The molecule has 0 spiro atoms. The topological polar surface area (TPSA) is 45.2 Å². The van der Waals surface area contributed by atoms with Crippen molar-refractivity contribution < 1.29 is 5.11 Å². The van der Waals surface area contributed by atoms with Crippen LogP contribution in [0.3, 0.4) is 0 Å². The molecule has 1 heterocycles. The molecule has 0 fully saturated rings.